The molecule has 0 aliphatic carbocycles. The number of hydrogen-bond donors (Lipinski definition) is 2. The molecular weight excluding hydrogens is 268 g/mol. The number of carbonyl (C=O) groups excluding carboxylic acids is 1. The summed E-state index contributed by atoms with van der Waals surface area (Å²) < 4.78 is 5.27. The summed E-state index contributed by atoms with van der Waals surface area (Å²) in [5, 5.41) is 9.51. The summed E-state index contributed by atoms with van der Waals surface area (Å²) in [6.07, 6.45) is 0.692. The average molecular weight is 288 g/mol. The van der Waals surface area contributed by atoms with Crippen LogP contribution < -0.4 is 10.1 Å². The van der Waals surface area contributed by atoms with Gasteiger partial charge in [-0.3, -0.25) is 9.89 Å². The lowest BCUT2D eigenvalue weighted by Crippen LogP contribution is -2.26. The first-order valence-electron chi connectivity index (χ1n) is 6.94. The van der Waals surface area contributed by atoms with Crippen LogP contribution >= 0.6 is 0 Å². The molecule has 2 aromatic rings. The third-order valence-electron chi connectivity index (χ3n) is 3.13. The molecule has 1 aromatic carbocycles. The predicted octanol–water partition coefficient (Wildman–Crippen LogP) is 1.91. The number of ether oxygens (including phenoxy) is 1. The number of hydrogen-bond acceptors (Lipinski definition) is 4. The first kappa shape index (κ1) is 15.0. The van der Waals surface area contributed by atoms with Crippen molar-refractivity contribution in [2.75, 3.05) is 13.7 Å². The van der Waals surface area contributed by atoms with Crippen LogP contribution in [0.15, 0.2) is 24.3 Å². The molecule has 112 valence electrons. The summed E-state index contributed by atoms with van der Waals surface area (Å²) in [5.41, 5.74) is 1.05. The summed E-state index contributed by atoms with van der Waals surface area (Å²) in [6, 6.07) is 7.75. The highest BCUT2D eigenvalue weighted by Crippen LogP contribution is 2.17. The van der Waals surface area contributed by atoms with Crippen molar-refractivity contribution in [1.82, 2.24) is 20.5 Å². The van der Waals surface area contributed by atoms with Crippen LogP contribution in [0.4, 0.5) is 0 Å². The van der Waals surface area contributed by atoms with Crippen LogP contribution in [0.25, 0.3) is 0 Å². The van der Waals surface area contributed by atoms with Gasteiger partial charge in [-0.05, 0) is 18.1 Å². The van der Waals surface area contributed by atoms with E-state index in [-0.39, 0.29) is 17.6 Å². The molecule has 6 nitrogen and oxygen atoms in total. The minimum absolute atomic E-state index is 0.179. The lowest BCUT2D eigenvalue weighted by Gasteiger charge is -2.08. The Bertz CT molecular complexity index is 607. The summed E-state index contributed by atoms with van der Waals surface area (Å²) in [6.45, 7) is 4.48. The van der Waals surface area contributed by atoms with E-state index in [4.69, 9.17) is 4.74 Å². The van der Waals surface area contributed by atoms with Gasteiger partial charge in [0.05, 0.1) is 7.11 Å². The molecule has 0 atom stereocenters. The molecule has 2 N–H and O–H groups in total. The lowest BCUT2D eigenvalue weighted by atomic mass is 10.1. The number of nitrogens with zero attached hydrogens (tertiary/aromatic N) is 2. The summed E-state index contributed by atoms with van der Waals surface area (Å²) >= 11 is 0. The van der Waals surface area contributed by atoms with Gasteiger partial charge in [-0.15, -0.1) is 5.10 Å². The second-order valence-electron chi connectivity index (χ2n) is 5.02. The van der Waals surface area contributed by atoms with Crippen LogP contribution in [0.1, 0.15) is 41.8 Å². The van der Waals surface area contributed by atoms with E-state index < -0.39 is 0 Å². The Labute approximate surface area is 123 Å². The molecule has 0 saturated carbocycles. The molecule has 6 heteroatoms. The number of nitrogens with one attached hydrogen (secondary N) is 2. The van der Waals surface area contributed by atoms with Gasteiger partial charge in [-0.2, -0.15) is 0 Å². The largest absolute Gasteiger partial charge is 0.496 e. The van der Waals surface area contributed by atoms with E-state index in [9.17, 15) is 4.79 Å². The monoisotopic (exact) mass is 288 g/mol. The molecule has 21 heavy (non-hydrogen) atoms. The highest BCUT2D eigenvalue weighted by Gasteiger charge is 2.13. The van der Waals surface area contributed by atoms with Crippen LogP contribution in [0.2, 0.25) is 0 Å². The fourth-order valence-electron chi connectivity index (χ4n) is 1.93. The molecule has 1 heterocycles. The third kappa shape index (κ3) is 3.81. The molecule has 0 saturated heterocycles. The highest BCUT2D eigenvalue weighted by molar-refractivity contribution is 5.90. The zero-order valence-corrected chi connectivity index (χ0v) is 12.5. The van der Waals surface area contributed by atoms with Crippen molar-refractivity contribution in [2.24, 2.45) is 0 Å². The lowest BCUT2D eigenvalue weighted by molar-refractivity contribution is 0.0944. The molecular formula is C15H20N4O2. The Balaban J connectivity index is 1.89. The number of aromatic nitrogens is 3. The van der Waals surface area contributed by atoms with E-state index in [0.717, 1.165) is 11.3 Å². The van der Waals surface area contributed by atoms with Crippen LogP contribution in [-0.2, 0) is 6.42 Å². The van der Waals surface area contributed by atoms with Gasteiger partial charge in [0, 0.05) is 12.5 Å². The van der Waals surface area contributed by atoms with E-state index in [1.807, 2.05) is 38.1 Å². The molecule has 2 rings (SSSR count). The van der Waals surface area contributed by atoms with Crippen molar-refractivity contribution in [3.63, 3.8) is 0 Å². The van der Waals surface area contributed by atoms with Crippen molar-refractivity contribution in [1.29, 1.82) is 0 Å². The Hall–Kier alpha value is -2.37. The molecule has 1 aromatic heterocycles. The Morgan fingerprint density at radius 3 is 2.81 bits per heavy atom. The topological polar surface area (TPSA) is 79.9 Å². The SMILES string of the molecule is COc1ccccc1CCNC(=O)c1n[nH]c(C(C)C)n1. The minimum Gasteiger partial charge on any atom is -0.496 e. The zero-order valence-electron chi connectivity index (χ0n) is 12.5. The van der Waals surface area contributed by atoms with E-state index in [0.29, 0.717) is 18.8 Å². The van der Waals surface area contributed by atoms with E-state index >= 15 is 0 Å². The van der Waals surface area contributed by atoms with Crippen LogP contribution in [0.5, 0.6) is 5.75 Å². The summed E-state index contributed by atoms with van der Waals surface area (Å²) in [4.78, 5) is 16.1. The second-order valence-corrected chi connectivity index (χ2v) is 5.02. The van der Waals surface area contributed by atoms with Gasteiger partial charge < -0.3 is 10.1 Å². The number of benzene rings is 1. The molecule has 0 aliphatic heterocycles. The van der Waals surface area contributed by atoms with Gasteiger partial charge in [0.25, 0.3) is 5.91 Å². The van der Waals surface area contributed by atoms with Gasteiger partial charge in [0.15, 0.2) is 0 Å². The molecule has 0 aliphatic rings. The number of para-hydroxylation sites is 1. The maximum absolute atomic E-state index is 11.9. The number of H-pyrrole nitrogens is 1. The Kier molecular flexibility index (Phi) is 4.92. The first-order chi connectivity index (χ1) is 10.1. The molecule has 0 radical (unpaired) electrons. The average Bonchev–Trinajstić information content (AvgIpc) is 2.98. The van der Waals surface area contributed by atoms with Crippen LogP contribution in [0.3, 0.4) is 0 Å². The fraction of sp³-hybridized carbons (Fsp3) is 0.400. The van der Waals surface area contributed by atoms with Crippen molar-refractivity contribution in [3.05, 3.63) is 41.5 Å². The maximum Gasteiger partial charge on any atom is 0.290 e. The van der Waals surface area contributed by atoms with Crippen molar-refractivity contribution in [3.8, 4) is 5.75 Å². The number of carbonyl (C=O) groups is 1. The van der Waals surface area contributed by atoms with Crippen molar-refractivity contribution >= 4 is 5.91 Å². The minimum atomic E-state index is -0.270. The van der Waals surface area contributed by atoms with Crippen LogP contribution in [-0.4, -0.2) is 34.7 Å². The summed E-state index contributed by atoms with van der Waals surface area (Å²) in [7, 11) is 1.64. The fourth-order valence-corrected chi connectivity index (χ4v) is 1.93. The molecule has 0 bridgehead atoms. The van der Waals surface area contributed by atoms with Gasteiger partial charge in [-0.25, -0.2) is 4.98 Å². The first-order valence-corrected chi connectivity index (χ1v) is 6.94. The number of methoxy groups -OCH3 is 1. The van der Waals surface area contributed by atoms with Crippen molar-refractivity contribution < 1.29 is 9.53 Å². The third-order valence-corrected chi connectivity index (χ3v) is 3.13. The predicted molar refractivity (Wildman–Crippen MR) is 79.5 cm³/mol. The van der Waals surface area contributed by atoms with E-state index in [1.165, 1.54) is 0 Å². The van der Waals surface area contributed by atoms with Crippen molar-refractivity contribution in [2.45, 2.75) is 26.2 Å². The van der Waals surface area contributed by atoms with E-state index in [1.54, 1.807) is 7.11 Å². The van der Waals surface area contributed by atoms with Gasteiger partial charge >= 0.3 is 0 Å². The molecule has 0 spiro atoms. The van der Waals surface area contributed by atoms with Gasteiger partial charge in [-0.1, -0.05) is 32.0 Å². The zero-order chi connectivity index (χ0) is 15.2. The number of aromatic amines is 1. The molecule has 0 unspecified atom stereocenters. The molecule has 0 fully saturated rings. The quantitative estimate of drug-likeness (QED) is 0.851. The van der Waals surface area contributed by atoms with Gasteiger partial charge in [0.1, 0.15) is 11.6 Å². The normalized spacial score (nSPS) is 10.7. The number of amides is 1. The Morgan fingerprint density at radius 2 is 2.14 bits per heavy atom. The smallest absolute Gasteiger partial charge is 0.290 e. The van der Waals surface area contributed by atoms with Gasteiger partial charge in [0.2, 0.25) is 5.82 Å². The maximum atomic E-state index is 11.9. The van der Waals surface area contributed by atoms with E-state index in [2.05, 4.69) is 20.5 Å². The highest BCUT2D eigenvalue weighted by atomic mass is 16.5. The molecule has 1 amide bonds. The number of rotatable bonds is 6. The van der Waals surface area contributed by atoms with Crippen LogP contribution in [0, 0.1) is 0 Å². The summed E-state index contributed by atoms with van der Waals surface area (Å²) in [5.74, 6) is 1.66. The second kappa shape index (κ2) is 6.88. The standard InChI is InChI=1S/C15H20N4O2/c1-10(2)13-17-14(19-18-13)15(20)16-9-8-11-6-4-5-7-12(11)21-3/h4-7,10H,8-9H2,1-3H3,(H,16,20)(H,17,18,19). The Morgan fingerprint density at radius 1 is 1.38 bits per heavy atom.